The predicted molar refractivity (Wildman–Crippen MR) is 65.9 cm³/mol. The highest BCUT2D eigenvalue weighted by Crippen LogP contribution is 2.11. The normalized spacial score (nSPS) is 10.3. The van der Waals surface area contributed by atoms with Crippen LogP contribution in [0.1, 0.15) is 19.4 Å². The van der Waals surface area contributed by atoms with E-state index in [4.69, 9.17) is 4.74 Å². The zero-order valence-electron chi connectivity index (χ0n) is 9.84. The van der Waals surface area contributed by atoms with Crippen LogP contribution in [0.2, 0.25) is 0 Å². The molecule has 0 aromatic heterocycles. The number of hydrogen-bond donors (Lipinski definition) is 0. The van der Waals surface area contributed by atoms with Crippen molar-refractivity contribution in [3.63, 3.8) is 0 Å². The van der Waals surface area contributed by atoms with Crippen LogP contribution in [0.15, 0.2) is 42.5 Å². The molecule has 0 N–H and O–H groups in total. The van der Waals surface area contributed by atoms with Crippen molar-refractivity contribution in [2.45, 2.75) is 20.0 Å². The Kier molecular flexibility index (Phi) is 4.92. The van der Waals surface area contributed by atoms with Gasteiger partial charge in [-0.1, -0.05) is 30.3 Å². The molecule has 0 spiro atoms. The van der Waals surface area contributed by atoms with Crippen LogP contribution in [-0.2, 0) is 14.3 Å². The van der Waals surface area contributed by atoms with E-state index in [9.17, 15) is 9.59 Å². The van der Waals surface area contributed by atoms with E-state index in [-0.39, 0.29) is 6.10 Å². The smallest absolute Gasteiger partial charge is 0.331 e. The third-order valence-electron chi connectivity index (χ3n) is 1.93. The molecule has 0 atom stereocenters. The van der Waals surface area contributed by atoms with Gasteiger partial charge in [-0.15, -0.1) is 0 Å². The maximum atomic E-state index is 11.3. The molecule has 17 heavy (non-hydrogen) atoms. The standard InChI is InChI=1S/C14H14O3/c1-11(2)17-14(16)9-8-13(10-15)12-6-4-3-5-7-12/h3-9,11H,1-2H3. The van der Waals surface area contributed by atoms with Crippen molar-refractivity contribution in [2.24, 2.45) is 0 Å². The Balaban J connectivity index is 2.76. The summed E-state index contributed by atoms with van der Waals surface area (Å²) < 4.78 is 4.91. The van der Waals surface area contributed by atoms with E-state index in [1.54, 1.807) is 31.9 Å². The minimum atomic E-state index is -0.469. The van der Waals surface area contributed by atoms with Crippen LogP contribution >= 0.6 is 0 Å². The number of esters is 1. The first-order chi connectivity index (χ1) is 8.13. The lowest BCUT2D eigenvalue weighted by atomic mass is 10.1. The molecule has 0 saturated carbocycles. The number of rotatable bonds is 4. The monoisotopic (exact) mass is 230 g/mol. The average Bonchev–Trinajstić information content (AvgIpc) is 2.30. The number of carbonyl (C=O) groups excluding carboxylic acids is 2. The van der Waals surface area contributed by atoms with Gasteiger partial charge in [0.25, 0.3) is 0 Å². The first-order valence-corrected chi connectivity index (χ1v) is 5.32. The van der Waals surface area contributed by atoms with Gasteiger partial charge in [0.05, 0.1) is 11.7 Å². The zero-order valence-corrected chi connectivity index (χ0v) is 9.84. The van der Waals surface area contributed by atoms with Gasteiger partial charge in [-0.05, 0) is 25.5 Å². The molecular weight excluding hydrogens is 216 g/mol. The topological polar surface area (TPSA) is 43.4 Å². The van der Waals surface area contributed by atoms with Crippen LogP contribution in [0.5, 0.6) is 0 Å². The second-order valence-electron chi connectivity index (χ2n) is 3.70. The molecule has 3 nitrogen and oxygen atoms in total. The van der Waals surface area contributed by atoms with Gasteiger partial charge in [-0.2, -0.15) is 0 Å². The summed E-state index contributed by atoms with van der Waals surface area (Å²) in [4.78, 5) is 22.0. The molecule has 0 saturated heterocycles. The fourth-order valence-electron chi connectivity index (χ4n) is 1.23. The van der Waals surface area contributed by atoms with Gasteiger partial charge in [0, 0.05) is 6.08 Å². The van der Waals surface area contributed by atoms with Gasteiger partial charge < -0.3 is 4.74 Å². The quantitative estimate of drug-likeness (QED) is 0.345. The molecule has 3 heteroatoms. The summed E-state index contributed by atoms with van der Waals surface area (Å²) in [6.07, 6.45) is 2.47. The molecule has 0 aliphatic heterocycles. The van der Waals surface area contributed by atoms with Crippen molar-refractivity contribution >= 4 is 17.5 Å². The summed E-state index contributed by atoms with van der Waals surface area (Å²) in [5, 5.41) is 0. The molecule has 0 aliphatic carbocycles. The first kappa shape index (κ1) is 12.9. The fourth-order valence-corrected chi connectivity index (χ4v) is 1.23. The molecule has 0 heterocycles. The van der Waals surface area contributed by atoms with E-state index < -0.39 is 5.97 Å². The van der Waals surface area contributed by atoms with Crippen LogP contribution in [0.25, 0.3) is 5.57 Å². The van der Waals surface area contributed by atoms with E-state index in [2.05, 4.69) is 0 Å². The third-order valence-corrected chi connectivity index (χ3v) is 1.93. The van der Waals surface area contributed by atoms with Gasteiger partial charge in [-0.25, -0.2) is 9.59 Å². The second-order valence-corrected chi connectivity index (χ2v) is 3.70. The van der Waals surface area contributed by atoms with Crippen LogP contribution in [0.4, 0.5) is 0 Å². The molecule has 0 aliphatic rings. The molecule has 1 rings (SSSR count). The van der Waals surface area contributed by atoms with Crippen LogP contribution in [-0.4, -0.2) is 18.0 Å². The first-order valence-electron chi connectivity index (χ1n) is 5.32. The minimum Gasteiger partial charge on any atom is -0.460 e. The Morgan fingerprint density at radius 1 is 1.24 bits per heavy atom. The predicted octanol–water partition coefficient (Wildman–Crippen LogP) is 2.41. The second kappa shape index (κ2) is 6.46. The van der Waals surface area contributed by atoms with Crippen molar-refractivity contribution in [3.05, 3.63) is 48.0 Å². The Labute approximate surface area is 100 Å². The molecular formula is C14H14O3. The largest absolute Gasteiger partial charge is 0.460 e. The minimum absolute atomic E-state index is 0.174. The lowest BCUT2D eigenvalue weighted by Crippen LogP contribution is -2.08. The molecule has 0 radical (unpaired) electrons. The Morgan fingerprint density at radius 3 is 2.41 bits per heavy atom. The fraction of sp³-hybridized carbons (Fsp3) is 0.214. The SMILES string of the molecule is CC(C)OC(=O)C=CC(=C=O)c1ccccc1. The summed E-state index contributed by atoms with van der Waals surface area (Å²) in [5.74, 6) is 1.33. The van der Waals surface area contributed by atoms with Gasteiger partial charge in [0.1, 0.15) is 5.94 Å². The number of carbonyl (C=O) groups is 1. The summed E-state index contributed by atoms with van der Waals surface area (Å²) in [5.41, 5.74) is 1.04. The van der Waals surface area contributed by atoms with E-state index in [0.29, 0.717) is 5.57 Å². The van der Waals surface area contributed by atoms with Gasteiger partial charge in [0.2, 0.25) is 0 Å². The van der Waals surface area contributed by atoms with Crippen molar-refractivity contribution in [2.75, 3.05) is 0 Å². The number of allylic oxidation sites excluding steroid dienone is 2. The molecule has 1 aromatic rings. The van der Waals surface area contributed by atoms with Crippen molar-refractivity contribution < 1.29 is 14.3 Å². The van der Waals surface area contributed by atoms with Crippen molar-refractivity contribution in [3.8, 4) is 0 Å². The van der Waals surface area contributed by atoms with Crippen LogP contribution < -0.4 is 0 Å². The summed E-state index contributed by atoms with van der Waals surface area (Å²) in [7, 11) is 0. The number of benzene rings is 1. The van der Waals surface area contributed by atoms with Gasteiger partial charge in [-0.3, -0.25) is 0 Å². The van der Waals surface area contributed by atoms with Crippen molar-refractivity contribution in [1.29, 1.82) is 0 Å². The van der Waals surface area contributed by atoms with E-state index in [1.165, 1.54) is 12.2 Å². The molecule has 0 bridgehead atoms. The van der Waals surface area contributed by atoms with E-state index in [1.807, 2.05) is 18.2 Å². The van der Waals surface area contributed by atoms with Crippen LogP contribution in [0.3, 0.4) is 0 Å². The zero-order chi connectivity index (χ0) is 12.7. The van der Waals surface area contributed by atoms with E-state index >= 15 is 0 Å². The highest BCUT2D eigenvalue weighted by Gasteiger charge is 2.02. The molecule has 0 fully saturated rings. The maximum absolute atomic E-state index is 11.3. The summed E-state index contributed by atoms with van der Waals surface area (Å²) in [6.45, 7) is 3.53. The van der Waals surface area contributed by atoms with Gasteiger partial charge >= 0.3 is 5.97 Å². The Bertz CT molecular complexity index is 452. The molecule has 1 aromatic carbocycles. The summed E-state index contributed by atoms with van der Waals surface area (Å²) in [6, 6.07) is 9.03. The van der Waals surface area contributed by atoms with E-state index in [0.717, 1.165) is 5.56 Å². The molecule has 0 unspecified atom stereocenters. The molecule has 0 amide bonds. The van der Waals surface area contributed by atoms with Crippen molar-refractivity contribution in [1.82, 2.24) is 0 Å². The summed E-state index contributed by atoms with van der Waals surface area (Å²) >= 11 is 0. The lowest BCUT2D eigenvalue weighted by molar-refractivity contribution is -0.141. The highest BCUT2D eigenvalue weighted by molar-refractivity contribution is 5.96. The molecule has 88 valence electrons. The number of hydrogen-bond acceptors (Lipinski definition) is 3. The van der Waals surface area contributed by atoms with Crippen LogP contribution in [0, 0.1) is 0 Å². The third kappa shape index (κ3) is 4.49. The Hall–Kier alpha value is -2.12. The van der Waals surface area contributed by atoms with Gasteiger partial charge in [0.15, 0.2) is 0 Å². The average molecular weight is 230 g/mol. The maximum Gasteiger partial charge on any atom is 0.331 e. The highest BCUT2D eigenvalue weighted by atomic mass is 16.5. The number of ether oxygens (including phenoxy) is 1. The Morgan fingerprint density at radius 2 is 1.88 bits per heavy atom. The lowest BCUT2D eigenvalue weighted by Gasteiger charge is -2.04.